The molecule has 0 atom stereocenters. The van der Waals surface area contributed by atoms with Crippen LogP contribution in [0, 0.1) is 0 Å². The summed E-state index contributed by atoms with van der Waals surface area (Å²) < 4.78 is 0. The number of fused-ring (bicyclic) bond motifs is 11. The van der Waals surface area contributed by atoms with E-state index in [1.54, 1.807) is 0 Å². The molecule has 0 nitrogen and oxygen atoms in total. The van der Waals surface area contributed by atoms with Crippen molar-refractivity contribution >= 4 is 32.3 Å². The van der Waals surface area contributed by atoms with Gasteiger partial charge in [0.15, 0.2) is 0 Å². The third-order valence-corrected chi connectivity index (χ3v) is 18.2. The Morgan fingerprint density at radius 1 is 0.205 bits per heavy atom. The highest BCUT2D eigenvalue weighted by atomic mass is 14.4. The van der Waals surface area contributed by atoms with E-state index in [-0.39, 0.29) is 10.8 Å². The van der Waals surface area contributed by atoms with Gasteiger partial charge in [-0.1, -0.05) is 246 Å². The zero-order valence-corrected chi connectivity index (χ0v) is 44.2. The topological polar surface area (TPSA) is 0 Å². The molecule has 0 saturated carbocycles. The van der Waals surface area contributed by atoms with Crippen LogP contribution in [0.15, 0.2) is 255 Å². The van der Waals surface area contributed by atoms with Crippen LogP contribution in [0.2, 0.25) is 0 Å². The molecule has 16 rings (SSSR count). The maximum Gasteiger partial charge on any atom is 0.0159 e. The number of benzene rings is 13. The highest BCUT2D eigenvalue weighted by molar-refractivity contribution is 6.22. The molecule has 78 heavy (non-hydrogen) atoms. The van der Waals surface area contributed by atoms with Crippen LogP contribution in [0.5, 0.6) is 0 Å². The smallest absolute Gasteiger partial charge is 0.0159 e. The molecule has 3 aliphatic carbocycles. The van der Waals surface area contributed by atoms with Gasteiger partial charge in [-0.2, -0.15) is 0 Å². The summed E-state index contributed by atoms with van der Waals surface area (Å²) in [5, 5.41) is 7.77. The second kappa shape index (κ2) is 16.6. The van der Waals surface area contributed by atoms with E-state index in [4.69, 9.17) is 0 Å². The molecule has 0 heteroatoms. The van der Waals surface area contributed by atoms with E-state index in [9.17, 15) is 0 Å². The fourth-order valence-electron chi connectivity index (χ4n) is 14.0. The summed E-state index contributed by atoms with van der Waals surface area (Å²) in [6, 6.07) is 96.2. The highest BCUT2D eigenvalue weighted by Gasteiger charge is 2.38. The van der Waals surface area contributed by atoms with Crippen LogP contribution in [0.4, 0.5) is 0 Å². The van der Waals surface area contributed by atoms with Crippen LogP contribution in [0.3, 0.4) is 0 Å². The summed E-state index contributed by atoms with van der Waals surface area (Å²) in [5.41, 5.74) is 30.9. The highest BCUT2D eigenvalue weighted by Crippen LogP contribution is 2.56. The van der Waals surface area contributed by atoms with Crippen molar-refractivity contribution in [2.24, 2.45) is 0 Å². The lowest BCUT2D eigenvalue weighted by Gasteiger charge is -2.24. The average Bonchev–Trinajstić information content (AvgIpc) is 4.26. The zero-order valence-electron chi connectivity index (χ0n) is 44.2. The molecule has 3 aliphatic rings. The first-order chi connectivity index (χ1) is 38.1. The van der Waals surface area contributed by atoms with Crippen LogP contribution in [-0.2, 0) is 10.8 Å². The van der Waals surface area contributed by atoms with E-state index in [1.807, 2.05) is 0 Å². The Balaban J connectivity index is 0.661. The number of hydrogen-bond donors (Lipinski definition) is 0. The van der Waals surface area contributed by atoms with Gasteiger partial charge in [-0.15, -0.1) is 0 Å². The minimum Gasteiger partial charge on any atom is -0.0616 e. The van der Waals surface area contributed by atoms with E-state index < -0.39 is 0 Å². The Morgan fingerprint density at radius 2 is 0.564 bits per heavy atom. The molecular weight excluding hydrogens is 937 g/mol. The van der Waals surface area contributed by atoms with Gasteiger partial charge < -0.3 is 0 Å². The first-order valence-electron chi connectivity index (χ1n) is 27.6. The molecule has 0 aliphatic heterocycles. The van der Waals surface area contributed by atoms with Gasteiger partial charge in [0.2, 0.25) is 0 Å². The van der Waals surface area contributed by atoms with Crippen LogP contribution in [0.1, 0.15) is 49.9 Å². The van der Waals surface area contributed by atoms with Crippen molar-refractivity contribution in [1.82, 2.24) is 0 Å². The molecular formula is C78H54. The normalized spacial score (nSPS) is 13.8. The third-order valence-electron chi connectivity index (χ3n) is 18.2. The molecule has 0 bridgehead atoms. The summed E-state index contributed by atoms with van der Waals surface area (Å²) in [6.07, 6.45) is 0. The van der Waals surface area contributed by atoms with E-state index >= 15 is 0 Å². The summed E-state index contributed by atoms with van der Waals surface area (Å²) in [4.78, 5) is 0. The molecule has 0 saturated heterocycles. The van der Waals surface area contributed by atoms with E-state index in [0.29, 0.717) is 0 Å². The molecule has 0 spiro atoms. The Bertz CT molecular complexity index is 4670. The van der Waals surface area contributed by atoms with Crippen molar-refractivity contribution in [1.29, 1.82) is 0 Å². The predicted octanol–water partition coefficient (Wildman–Crippen LogP) is 21.4. The van der Waals surface area contributed by atoms with Crippen molar-refractivity contribution < 1.29 is 0 Å². The van der Waals surface area contributed by atoms with Gasteiger partial charge in [0, 0.05) is 10.8 Å². The van der Waals surface area contributed by atoms with E-state index in [0.717, 1.165) is 0 Å². The molecule has 0 heterocycles. The summed E-state index contributed by atoms with van der Waals surface area (Å²) >= 11 is 0. The summed E-state index contributed by atoms with van der Waals surface area (Å²) in [6.45, 7) is 9.62. The molecule has 0 radical (unpaired) electrons. The zero-order chi connectivity index (χ0) is 52.0. The van der Waals surface area contributed by atoms with Crippen molar-refractivity contribution in [2.75, 3.05) is 0 Å². The Hall–Kier alpha value is -9.36. The van der Waals surface area contributed by atoms with Gasteiger partial charge in [-0.3, -0.25) is 0 Å². The van der Waals surface area contributed by atoms with Crippen LogP contribution >= 0.6 is 0 Å². The van der Waals surface area contributed by atoms with Gasteiger partial charge >= 0.3 is 0 Å². The van der Waals surface area contributed by atoms with E-state index in [2.05, 4.69) is 282 Å². The van der Waals surface area contributed by atoms with Crippen molar-refractivity contribution in [3.05, 3.63) is 277 Å². The van der Waals surface area contributed by atoms with Gasteiger partial charge in [-0.25, -0.2) is 0 Å². The molecule has 0 unspecified atom stereocenters. The van der Waals surface area contributed by atoms with Crippen LogP contribution in [-0.4, -0.2) is 0 Å². The first-order valence-corrected chi connectivity index (χ1v) is 27.6. The molecule has 13 aromatic carbocycles. The van der Waals surface area contributed by atoms with Gasteiger partial charge in [0.05, 0.1) is 0 Å². The fourth-order valence-corrected chi connectivity index (χ4v) is 14.0. The molecule has 0 N–H and O–H groups in total. The van der Waals surface area contributed by atoms with Crippen molar-refractivity contribution in [3.8, 4) is 111 Å². The van der Waals surface area contributed by atoms with Crippen molar-refractivity contribution in [2.45, 2.75) is 38.5 Å². The maximum absolute atomic E-state index is 2.48. The fraction of sp³-hybridized carbons (Fsp3) is 0.0769. The summed E-state index contributed by atoms with van der Waals surface area (Å²) in [7, 11) is 0. The van der Waals surface area contributed by atoms with Crippen molar-refractivity contribution in [3.63, 3.8) is 0 Å². The quantitative estimate of drug-likeness (QED) is 0.156. The lowest BCUT2D eigenvalue weighted by Crippen LogP contribution is -2.15. The second-order valence-electron chi connectivity index (χ2n) is 23.2. The predicted molar refractivity (Wildman–Crippen MR) is 331 cm³/mol. The number of hydrogen-bond acceptors (Lipinski definition) is 0. The number of rotatable bonds is 6. The molecule has 366 valence electrons. The summed E-state index contributed by atoms with van der Waals surface area (Å²) in [5.74, 6) is 0. The average molecular weight is 991 g/mol. The van der Waals surface area contributed by atoms with Gasteiger partial charge in [0.25, 0.3) is 0 Å². The lowest BCUT2D eigenvalue weighted by atomic mass is 9.79. The standard InChI is InChI=1S/C78H54/c1-77(2)70-43-57(51-25-21-49(22-26-51)48-19-23-50(24-20-48)56-32-29-47-11-5-6-12-55(47)41-56)33-37-63(70)65-39-35-59(45-72(65)77)60-36-40-66-64-38-34-58(44-71(64)78(3,4)73(66)46-60)52-27-30-54(31-28-52)75-62-16-8-7-13-61(62)42-69-67-17-9-14-53-15-10-18-68(74(53)67)76(69)75/h5-46H,1-4H3. The molecule has 13 aromatic rings. The molecule has 0 fully saturated rings. The minimum absolute atomic E-state index is 0.153. The van der Waals surface area contributed by atoms with E-state index in [1.165, 1.54) is 166 Å². The maximum atomic E-state index is 2.48. The lowest BCUT2D eigenvalue weighted by molar-refractivity contribution is 0.660. The Labute approximate surface area is 456 Å². The molecule has 0 aromatic heterocycles. The minimum atomic E-state index is -0.167. The molecule has 0 amide bonds. The Morgan fingerprint density at radius 3 is 1.06 bits per heavy atom. The monoisotopic (exact) mass is 990 g/mol. The SMILES string of the molecule is CC1(C)c2cc(-c3ccc(-c4ccc(-c5ccc6ccccc6c5)cc4)cc3)ccc2-c2ccc(-c3ccc4c(c3)C(C)(C)c3cc(-c5ccc(-c6c7c(cc8ccccc68)-c6cccc8cccc-7c68)cc5)ccc3-4)cc21. The van der Waals surface area contributed by atoms with Gasteiger partial charge in [0.1, 0.15) is 0 Å². The third kappa shape index (κ3) is 6.66. The Kier molecular flexibility index (Phi) is 9.54. The second-order valence-corrected chi connectivity index (χ2v) is 23.2. The van der Waals surface area contributed by atoms with Gasteiger partial charge in [-0.05, 0) is 202 Å². The largest absolute Gasteiger partial charge is 0.0616 e. The van der Waals surface area contributed by atoms with Crippen LogP contribution in [0.25, 0.3) is 144 Å². The first kappa shape index (κ1) is 44.9. The van der Waals surface area contributed by atoms with Crippen LogP contribution < -0.4 is 0 Å².